The van der Waals surface area contributed by atoms with E-state index in [1.165, 1.54) is 22.2 Å². The molecule has 1 aliphatic rings. The van der Waals surface area contributed by atoms with Crippen molar-refractivity contribution < 1.29 is 4.79 Å². The van der Waals surface area contributed by atoms with Crippen LogP contribution in [0.1, 0.15) is 21.5 Å². The number of carbonyl (C=O) groups excluding carboxylic acids is 1. The van der Waals surface area contributed by atoms with Crippen molar-refractivity contribution in [3.8, 4) is 0 Å². The molecule has 0 aliphatic carbocycles. The minimum atomic E-state index is -0.0919. The fourth-order valence-corrected chi connectivity index (χ4v) is 4.01. The van der Waals surface area contributed by atoms with Crippen LogP contribution in [0.15, 0.2) is 73.1 Å². The Balaban J connectivity index is 1.22. The van der Waals surface area contributed by atoms with Gasteiger partial charge in [0.25, 0.3) is 5.91 Å². The summed E-state index contributed by atoms with van der Waals surface area (Å²) in [4.78, 5) is 22.5. The van der Waals surface area contributed by atoms with Crippen molar-refractivity contribution in [3.63, 3.8) is 0 Å². The molecule has 0 fully saturated rings. The summed E-state index contributed by atoms with van der Waals surface area (Å²) in [6.07, 6.45) is 5.48. The molecule has 0 saturated carbocycles. The van der Waals surface area contributed by atoms with Crippen LogP contribution in [0.2, 0.25) is 0 Å². The molecule has 0 bridgehead atoms. The monoisotopic (exact) mass is 382 g/mol. The fourth-order valence-electron chi connectivity index (χ4n) is 4.01. The molecule has 2 N–H and O–H groups in total. The van der Waals surface area contributed by atoms with Gasteiger partial charge in [0.15, 0.2) is 0 Å². The molecule has 5 heteroatoms. The number of aromatic nitrogens is 2. The summed E-state index contributed by atoms with van der Waals surface area (Å²) in [5.74, 6) is 0.788. The Labute approximate surface area is 169 Å². The normalized spacial score (nSPS) is 12.9. The van der Waals surface area contributed by atoms with Crippen LogP contribution < -0.4 is 10.2 Å². The van der Waals surface area contributed by atoms with Gasteiger partial charge < -0.3 is 15.2 Å². The van der Waals surface area contributed by atoms with E-state index in [4.69, 9.17) is 0 Å². The van der Waals surface area contributed by atoms with Gasteiger partial charge in [-0.1, -0.05) is 36.4 Å². The molecule has 0 saturated heterocycles. The lowest BCUT2D eigenvalue weighted by Gasteiger charge is -2.18. The molecule has 144 valence electrons. The van der Waals surface area contributed by atoms with Crippen LogP contribution in [0.3, 0.4) is 0 Å². The third-order valence-electron chi connectivity index (χ3n) is 5.53. The van der Waals surface area contributed by atoms with E-state index in [0.29, 0.717) is 12.1 Å². The van der Waals surface area contributed by atoms with Gasteiger partial charge in [-0.05, 0) is 48.2 Å². The molecular weight excluding hydrogens is 360 g/mol. The average molecular weight is 382 g/mol. The van der Waals surface area contributed by atoms with Crippen molar-refractivity contribution in [2.24, 2.45) is 0 Å². The number of pyridine rings is 1. The largest absolute Gasteiger partial charge is 0.361 e. The third kappa shape index (κ3) is 3.36. The summed E-state index contributed by atoms with van der Waals surface area (Å²) in [6, 6.07) is 20.4. The number of rotatable bonds is 5. The summed E-state index contributed by atoms with van der Waals surface area (Å²) in [6.45, 7) is 1.50. The molecule has 2 aromatic carbocycles. The van der Waals surface area contributed by atoms with Crippen LogP contribution in [0.4, 0.5) is 11.5 Å². The number of carbonyl (C=O) groups is 1. The predicted octanol–water partition coefficient (Wildman–Crippen LogP) is 4.23. The van der Waals surface area contributed by atoms with E-state index in [-0.39, 0.29) is 5.91 Å². The number of nitrogens with zero attached hydrogens (tertiary/aromatic N) is 2. The van der Waals surface area contributed by atoms with E-state index >= 15 is 0 Å². The Kier molecular flexibility index (Phi) is 4.48. The van der Waals surface area contributed by atoms with E-state index in [1.807, 2.05) is 36.5 Å². The predicted molar refractivity (Wildman–Crippen MR) is 116 cm³/mol. The van der Waals surface area contributed by atoms with Crippen LogP contribution in [0.25, 0.3) is 10.9 Å². The van der Waals surface area contributed by atoms with Crippen molar-refractivity contribution in [1.82, 2.24) is 15.3 Å². The molecule has 0 spiro atoms. The molecule has 2 aromatic heterocycles. The zero-order valence-corrected chi connectivity index (χ0v) is 16.1. The van der Waals surface area contributed by atoms with E-state index < -0.39 is 0 Å². The molecule has 4 aromatic rings. The summed E-state index contributed by atoms with van der Waals surface area (Å²) >= 11 is 0. The van der Waals surface area contributed by atoms with Gasteiger partial charge in [-0.2, -0.15) is 0 Å². The number of H-pyrrole nitrogens is 1. The van der Waals surface area contributed by atoms with E-state index in [1.54, 1.807) is 6.20 Å². The number of nitrogens with one attached hydrogen (secondary N) is 2. The quantitative estimate of drug-likeness (QED) is 0.543. The van der Waals surface area contributed by atoms with E-state index in [2.05, 4.69) is 50.5 Å². The van der Waals surface area contributed by atoms with Gasteiger partial charge in [0.2, 0.25) is 0 Å². The minimum absolute atomic E-state index is 0.0919. The first kappa shape index (κ1) is 17.5. The molecule has 0 radical (unpaired) electrons. The SMILES string of the molecule is O=C(NCCc1c[nH]c2ccccc12)c1ccc(N2CCc3ccccc32)nc1. The first-order chi connectivity index (χ1) is 14.3. The molecule has 5 rings (SSSR count). The van der Waals surface area contributed by atoms with Gasteiger partial charge in [-0.3, -0.25) is 4.79 Å². The first-order valence-corrected chi connectivity index (χ1v) is 9.94. The topological polar surface area (TPSA) is 61.0 Å². The number of benzene rings is 2. The Morgan fingerprint density at radius 3 is 2.83 bits per heavy atom. The highest BCUT2D eigenvalue weighted by Crippen LogP contribution is 2.32. The Hall–Kier alpha value is -3.60. The number of hydrogen-bond donors (Lipinski definition) is 2. The van der Waals surface area contributed by atoms with Crippen molar-refractivity contribution in [3.05, 3.63) is 89.7 Å². The molecule has 0 atom stereocenters. The highest BCUT2D eigenvalue weighted by atomic mass is 16.1. The van der Waals surface area contributed by atoms with Crippen molar-refractivity contribution >= 4 is 28.3 Å². The number of aromatic amines is 1. The van der Waals surface area contributed by atoms with Crippen molar-refractivity contribution in [1.29, 1.82) is 0 Å². The maximum Gasteiger partial charge on any atom is 0.252 e. The summed E-state index contributed by atoms with van der Waals surface area (Å²) in [5, 5.41) is 4.21. The second-order valence-corrected chi connectivity index (χ2v) is 7.30. The molecular formula is C24H22N4O. The minimum Gasteiger partial charge on any atom is -0.361 e. The zero-order valence-electron chi connectivity index (χ0n) is 16.1. The summed E-state index contributed by atoms with van der Waals surface area (Å²) < 4.78 is 0. The highest BCUT2D eigenvalue weighted by Gasteiger charge is 2.20. The molecule has 3 heterocycles. The number of para-hydroxylation sites is 2. The lowest BCUT2D eigenvalue weighted by molar-refractivity contribution is 0.0954. The number of anilines is 2. The molecule has 1 amide bonds. The average Bonchev–Trinajstić information content (AvgIpc) is 3.38. The van der Waals surface area contributed by atoms with Crippen LogP contribution in [0.5, 0.6) is 0 Å². The second kappa shape index (κ2) is 7.43. The van der Waals surface area contributed by atoms with Gasteiger partial charge in [0.1, 0.15) is 5.82 Å². The lowest BCUT2D eigenvalue weighted by atomic mass is 10.1. The first-order valence-electron chi connectivity index (χ1n) is 9.94. The van der Waals surface area contributed by atoms with Gasteiger partial charge in [0.05, 0.1) is 5.56 Å². The van der Waals surface area contributed by atoms with Crippen LogP contribution in [0, 0.1) is 0 Å². The summed E-state index contributed by atoms with van der Waals surface area (Å²) in [5.41, 5.74) is 5.46. The fraction of sp³-hybridized carbons (Fsp3) is 0.167. The van der Waals surface area contributed by atoms with Gasteiger partial charge in [-0.15, -0.1) is 0 Å². The van der Waals surface area contributed by atoms with Crippen LogP contribution in [-0.2, 0) is 12.8 Å². The number of amides is 1. The Bertz CT molecular complexity index is 1160. The van der Waals surface area contributed by atoms with Crippen LogP contribution in [-0.4, -0.2) is 29.0 Å². The Morgan fingerprint density at radius 1 is 1.07 bits per heavy atom. The zero-order chi connectivity index (χ0) is 19.6. The standard InChI is InChI=1S/C24H22N4O/c29-24(25-13-11-18-15-26-21-7-3-2-6-20(18)21)19-9-10-23(27-16-19)28-14-12-17-5-1-4-8-22(17)28/h1-10,15-16,26H,11-14H2,(H,25,29). The van der Waals surface area contributed by atoms with Crippen molar-refractivity contribution in [2.45, 2.75) is 12.8 Å². The molecule has 5 nitrogen and oxygen atoms in total. The van der Waals surface area contributed by atoms with Gasteiger partial charge in [-0.25, -0.2) is 4.98 Å². The number of hydrogen-bond acceptors (Lipinski definition) is 3. The van der Waals surface area contributed by atoms with E-state index in [9.17, 15) is 4.79 Å². The van der Waals surface area contributed by atoms with E-state index in [0.717, 1.165) is 30.7 Å². The van der Waals surface area contributed by atoms with Gasteiger partial charge >= 0.3 is 0 Å². The van der Waals surface area contributed by atoms with Crippen LogP contribution >= 0.6 is 0 Å². The highest BCUT2D eigenvalue weighted by molar-refractivity contribution is 5.94. The van der Waals surface area contributed by atoms with Crippen molar-refractivity contribution in [2.75, 3.05) is 18.0 Å². The van der Waals surface area contributed by atoms with Gasteiger partial charge in [0, 0.05) is 42.1 Å². The maximum atomic E-state index is 12.5. The Morgan fingerprint density at radius 2 is 1.93 bits per heavy atom. The molecule has 1 aliphatic heterocycles. The smallest absolute Gasteiger partial charge is 0.252 e. The lowest BCUT2D eigenvalue weighted by Crippen LogP contribution is -2.26. The molecule has 0 unspecified atom stereocenters. The summed E-state index contributed by atoms with van der Waals surface area (Å²) in [7, 11) is 0. The molecule has 29 heavy (non-hydrogen) atoms. The second-order valence-electron chi connectivity index (χ2n) is 7.30. The maximum absolute atomic E-state index is 12.5. The number of fused-ring (bicyclic) bond motifs is 2. The third-order valence-corrected chi connectivity index (χ3v) is 5.53.